The minimum atomic E-state index is -0.226. The number of aliphatic hydroxyl groups excluding tert-OH is 1. The van der Waals surface area contributed by atoms with Gasteiger partial charge in [-0.1, -0.05) is 44.9 Å². The van der Waals surface area contributed by atoms with E-state index in [1.54, 1.807) is 0 Å². The van der Waals surface area contributed by atoms with E-state index in [0.29, 0.717) is 5.92 Å². The summed E-state index contributed by atoms with van der Waals surface area (Å²) in [5, 5.41) is 10.5. The summed E-state index contributed by atoms with van der Waals surface area (Å²) in [6.45, 7) is 2.79. The zero-order valence-electron chi connectivity index (χ0n) is 11.9. The third-order valence-corrected chi connectivity index (χ3v) is 4.90. The first kappa shape index (κ1) is 14.3. The van der Waals surface area contributed by atoms with E-state index in [1.165, 1.54) is 57.8 Å². The molecule has 0 radical (unpaired) electrons. The molecule has 2 unspecified atom stereocenters. The van der Waals surface area contributed by atoms with E-state index >= 15 is 0 Å². The molecule has 2 atom stereocenters. The van der Waals surface area contributed by atoms with Crippen molar-refractivity contribution >= 4 is 0 Å². The Bertz CT molecular complexity index is 217. The van der Waals surface area contributed by atoms with E-state index in [0.717, 1.165) is 18.9 Å². The van der Waals surface area contributed by atoms with Crippen LogP contribution in [0.2, 0.25) is 0 Å². The average Bonchev–Trinajstić information content (AvgIpc) is 2.89. The highest BCUT2D eigenvalue weighted by molar-refractivity contribution is 4.83. The van der Waals surface area contributed by atoms with Gasteiger partial charge >= 0.3 is 0 Å². The van der Waals surface area contributed by atoms with Crippen molar-refractivity contribution in [1.82, 2.24) is 0 Å². The summed E-state index contributed by atoms with van der Waals surface area (Å²) in [5.74, 6) is 1.36. The second-order valence-electron chi connectivity index (χ2n) is 6.27. The van der Waals surface area contributed by atoms with Gasteiger partial charge in [0, 0.05) is 6.61 Å². The normalized spacial score (nSPS) is 26.3. The fourth-order valence-electron chi connectivity index (χ4n) is 3.94. The maximum absolute atomic E-state index is 10.5. The van der Waals surface area contributed by atoms with Gasteiger partial charge in [0.15, 0.2) is 0 Å². The first-order valence-corrected chi connectivity index (χ1v) is 8.11. The van der Waals surface area contributed by atoms with E-state index in [9.17, 15) is 5.11 Å². The van der Waals surface area contributed by atoms with Crippen LogP contribution < -0.4 is 0 Å². The summed E-state index contributed by atoms with van der Waals surface area (Å²) in [5.41, 5.74) is 0. The van der Waals surface area contributed by atoms with Gasteiger partial charge in [-0.05, 0) is 38.0 Å². The predicted molar refractivity (Wildman–Crippen MR) is 74.6 cm³/mol. The molecule has 2 heteroatoms. The third-order valence-electron chi connectivity index (χ3n) is 4.90. The molecule has 2 aliphatic rings. The minimum absolute atomic E-state index is 0.107. The van der Waals surface area contributed by atoms with Crippen LogP contribution in [0, 0.1) is 11.8 Å². The number of aliphatic hydroxyl groups is 1. The Hall–Kier alpha value is -0.0800. The van der Waals surface area contributed by atoms with Gasteiger partial charge in [0.2, 0.25) is 0 Å². The first-order chi connectivity index (χ1) is 8.81. The maximum atomic E-state index is 10.5. The molecule has 1 N–H and O–H groups in total. The van der Waals surface area contributed by atoms with Crippen LogP contribution >= 0.6 is 0 Å². The maximum Gasteiger partial charge on any atom is 0.0861 e. The van der Waals surface area contributed by atoms with Crippen LogP contribution in [0.1, 0.15) is 71.1 Å². The lowest BCUT2D eigenvalue weighted by atomic mass is 9.81. The first-order valence-electron chi connectivity index (χ1n) is 8.11. The second kappa shape index (κ2) is 7.49. The molecule has 2 fully saturated rings. The predicted octanol–water partition coefficient (Wildman–Crippen LogP) is 3.91. The topological polar surface area (TPSA) is 29.5 Å². The number of ether oxygens (including phenoxy) is 1. The summed E-state index contributed by atoms with van der Waals surface area (Å²) < 4.78 is 5.90. The van der Waals surface area contributed by atoms with Gasteiger partial charge in [-0.25, -0.2) is 0 Å². The van der Waals surface area contributed by atoms with Crippen molar-refractivity contribution in [3.05, 3.63) is 0 Å². The minimum Gasteiger partial charge on any atom is -0.390 e. The van der Waals surface area contributed by atoms with Crippen LogP contribution in [-0.2, 0) is 4.74 Å². The molecule has 0 heterocycles. The lowest BCUT2D eigenvalue weighted by Crippen LogP contribution is -2.38. The molecule has 106 valence electrons. The lowest BCUT2D eigenvalue weighted by Gasteiger charge is -2.34. The summed E-state index contributed by atoms with van der Waals surface area (Å²) in [6.07, 6.45) is 12.7. The van der Waals surface area contributed by atoms with Crippen molar-refractivity contribution in [3.8, 4) is 0 Å². The quantitative estimate of drug-likeness (QED) is 0.778. The SMILES string of the molecule is CCOC(C(O)CC1CCCC1)C1CCCCC1. The van der Waals surface area contributed by atoms with Crippen molar-refractivity contribution in [2.45, 2.75) is 83.3 Å². The Morgan fingerprint density at radius 1 is 1.00 bits per heavy atom. The van der Waals surface area contributed by atoms with Gasteiger partial charge < -0.3 is 9.84 Å². The highest BCUT2D eigenvalue weighted by Crippen LogP contribution is 2.34. The van der Waals surface area contributed by atoms with Gasteiger partial charge in [0.05, 0.1) is 12.2 Å². The Balaban J connectivity index is 1.85. The Labute approximate surface area is 112 Å². The van der Waals surface area contributed by atoms with Crippen molar-refractivity contribution in [2.75, 3.05) is 6.61 Å². The second-order valence-corrected chi connectivity index (χ2v) is 6.27. The third kappa shape index (κ3) is 3.96. The smallest absolute Gasteiger partial charge is 0.0861 e. The summed E-state index contributed by atoms with van der Waals surface area (Å²) in [4.78, 5) is 0. The van der Waals surface area contributed by atoms with Crippen molar-refractivity contribution in [3.63, 3.8) is 0 Å². The van der Waals surface area contributed by atoms with Gasteiger partial charge in [0.25, 0.3) is 0 Å². The molecule has 0 aliphatic heterocycles. The van der Waals surface area contributed by atoms with Gasteiger partial charge in [-0.15, -0.1) is 0 Å². The molecule has 18 heavy (non-hydrogen) atoms. The van der Waals surface area contributed by atoms with E-state index in [2.05, 4.69) is 6.92 Å². The molecule has 0 aromatic rings. The van der Waals surface area contributed by atoms with Crippen molar-refractivity contribution in [1.29, 1.82) is 0 Å². The largest absolute Gasteiger partial charge is 0.390 e. The summed E-state index contributed by atoms with van der Waals surface area (Å²) in [6, 6.07) is 0. The number of hydrogen-bond acceptors (Lipinski definition) is 2. The van der Waals surface area contributed by atoms with E-state index in [4.69, 9.17) is 4.74 Å². The molecule has 0 aromatic heterocycles. The molecular formula is C16H30O2. The van der Waals surface area contributed by atoms with Crippen LogP contribution in [-0.4, -0.2) is 23.9 Å². The van der Waals surface area contributed by atoms with Crippen LogP contribution in [0.25, 0.3) is 0 Å². The van der Waals surface area contributed by atoms with E-state index in [1.807, 2.05) is 0 Å². The Morgan fingerprint density at radius 3 is 2.22 bits per heavy atom. The van der Waals surface area contributed by atoms with E-state index in [-0.39, 0.29) is 12.2 Å². The average molecular weight is 254 g/mol. The zero-order chi connectivity index (χ0) is 12.8. The zero-order valence-corrected chi connectivity index (χ0v) is 11.9. The van der Waals surface area contributed by atoms with Crippen LogP contribution in [0.15, 0.2) is 0 Å². The molecule has 0 bridgehead atoms. The molecule has 0 saturated heterocycles. The molecule has 0 spiro atoms. The van der Waals surface area contributed by atoms with Gasteiger partial charge in [-0.2, -0.15) is 0 Å². The molecule has 2 saturated carbocycles. The fraction of sp³-hybridized carbons (Fsp3) is 1.00. The lowest BCUT2D eigenvalue weighted by molar-refractivity contribution is -0.0791. The highest BCUT2D eigenvalue weighted by atomic mass is 16.5. The van der Waals surface area contributed by atoms with E-state index < -0.39 is 0 Å². The monoisotopic (exact) mass is 254 g/mol. The molecule has 2 rings (SSSR count). The molecule has 2 aliphatic carbocycles. The Kier molecular flexibility index (Phi) is 5.97. The number of hydrogen-bond donors (Lipinski definition) is 1. The van der Waals surface area contributed by atoms with Crippen LogP contribution in [0.3, 0.4) is 0 Å². The fourth-order valence-corrected chi connectivity index (χ4v) is 3.94. The Morgan fingerprint density at radius 2 is 1.61 bits per heavy atom. The standard InChI is InChI=1S/C16H30O2/c1-2-18-16(14-10-4-3-5-11-14)15(17)12-13-8-6-7-9-13/h13-17H,2-12H2,1H3. The molecule has 0 aromatic carbocycles. The summed E-state index contributed by atoms with van der Waals surface area (Å²) in [7, 11) is 0. The van der Waals surface area contributed by atoms with Gasteiger partial charge in [0.1, 0.15) is 0 Å². The van der Waals surface area contributed by atoms with Crippen LogP contribution in [0.4, 0.5) is 0 Å². The summed E-state index contributed by atoms with van der Waals surface area (Å²) >= 11 is 0. The highest BCUT2D eigenvalue weighted by Gasteiger charge is 2.32. The van der Waals surface area contributed by atoms with Crippen molar-refractivity contribution in [2.24, 2.45) is 11.8 Å². The molecule has 0 amide bonds. The molecule has 2 nitrogen and oxygen atoms in total. The van der Waals surface area contributed by atoms with Crippen molar-refractivity contribution < 1.29 is 9.84 Å². The van der Waals surface area contributed by atoms with Crippen LogP contribution in [0.5, 0.6) is 0 Å². The number of rotatable bonds is 6. The molecular weight excluding hydrogens is 224 g/mol. The van der Waals surface area contributed by atoms with Gasteiger partial charge in [-0.3, -0.25) is 0 Å².